The Hall–Kier alpha value is -10.9. The maximum atomic E-state index is 15.4. The predicted molar refractivity (Wildman–Crippen MR) is 448 cm³/mol. The van der Waals surface area contributed by atoms with Crippen LogP contribution in [0.1, 0.15) is 223 Å². The highest BCUT2D eigenvalue weighted by atomic mass is 16.6. The third-order valence-electron chi connectivity index (χ3n) is 17.5. The average molecular weight is 1750 g/mol. The summed E-state index contributed by atoms with van der Waals surface area (Å²) in [5, 5.41) is 62.9. The second-order valence-electron chi connectivity index (χ2n) is 36.2. The zero-order valence-corrected chi connectivity index (χ0v) is 75.6. The first-order chi connectivity index (χ1) is 56.7. The van der Waals surface area contributed by atoms with Crippen molar-refractivity contribution in [1.29, 1.82) is 0 Å². The molecule has 1 aliphatic rings. The fourth-order valence-corrected chi connectivity index (χ4v) is 11.3. The number of hydrogen-bond donors (Lipinski definition) is 18. The minimum atomic E-state index is -2.03. The summed E-state index contributed by atoms with van der Waals surface area (Å²) in [5.41, 5.74) is -6.07. The molecule has 16 amide bonds. The smallest absolute Gasteiger partial charge is 0.407 e. The van der Waals surface area contributed by atoms with Crippen molar-refractivity contribution in [1.82, 2.24) is 85.1 Å². The third-order valence-corrected chi connectivity index (χ3v) is 17.5. The van der Waals surface area contributed by atoms with E-state index in [4.69, 9.17) is 28.4 Å². The summed E-state index contributed by atoms with van der Waals surface area (Å²) in [4.78, 5) is 242. The number of rotatable bonds is 33. The molecule has 1 aromatic rings. The Balaban J connectivity index is 3.14. The number of esters is 1. The van der Waals surface area contributed by atoms with E-state index in [-0.39, 0.29) is 25.9 Å². The van der Waals surface area contributed by atoms with Crippen molar-refractivity contribution in [2.24, 2.45) is 11.3 Å². The molecule has 1 aromatic carbocycles. The van der Waals surface area contributed by atoms with Gasteiger partial charge >= 0.3 is 36.4 Å². The SMILES string of the molecule is CCC(C)OC(=O)C(C)(C)CC(=O)N[C@@H](CCNC(=O)OC(C)(C)C)C(=O)N[C@H](C(=O)N[C@@H](CCNC(=O)OC(C)(C)C)C(=O)N[C@H]1CCNC(=O)[C@H](C(C)O)NC(=O)[C@H](CCNC(=O)OC(C)(C)C)NC(=O)[C@H](CCNC(=O)OC(C)(C)C)NC(=O)[C@H](CC(C)C)NC(=O)[C@@H](Cc2ccccc2)NC(=O)[C@H](CCNC(=O)OC(C)(C)C)NC1=O)C(C)O. The Labute approximate surface area is 720 Å². The van der Waals surface area contributed by atoms with Crippen LogP contribution in [0.15, 0.2) is 30.3 Å². The van der Waals surface area contributed by atoms with Crippen LogP contribution < -0.4 is 85.1 Å². The number of alkyl carbamates (subject to hydrolysis) is 5. The first-order valence-electron chi connectivity index (χ1n) is 41.4. The van der Waals surface area contributed by atoms with Gasteiger partial charge < -0.3 is 124 Å². The number of aliphatic hydroxyl groups is 2. The van der Waals surface area contributed by atoms with Gasteiger partial charge in [-0.15, -0.1) is 0 Å². The summed E-state index contributed by atoms with van der Waals surface area (Å²) in [5.74, 6) is -13.5. The monoisotopic (exact) mass is 1750 g/mol. The van der Waals surface area contributed by atoms with Gasteiger partial charge in [0, 0.05) is 52.1 Å². The second kappa shape index (κ2) is 50.0. The van der Waals surface area contributed by atoms with Crippen LogP contribution in [0.3, 0.4) is 0 Å². The minimum Gasteiger partial charge on any atom is -0.462 e. The molecule has 3 unspecified atom stereocenters. The van der Waals surface area contributed by atoms with Crippen LogP contribution in [-0.2, 0) is 92.4 Å². The van der Waals surface area contributed by atoms with E-state index in [1.165, 1.54) is 13.8 Å². The van der Waals surface area contributed by atoms with Crippen molar-refractivity contribution in [3.8, 4) is 0 Å². The van der Waals surface area contributed by atoms with Crippen molar-refractivity contribution in [3.05, 3.63) is 35.9 Å². The highest BCUT2D eigenvalue weighted by Crippen LogP contribution is 2.24. The lowest BCUT2D eigenvalue weighted by atomic mass is 9.88. The van der Waals surface area contributed by atoms with Gasteiger partial charge in [0.15, 0.2) is 0 Å². The molecule has 1 aliphatic heterocycles. The van der Waals surface area contributed by atoms with Gasteiger partial charge in [0.1, 0.15) is 88.4 Å². The molecule has 13 atom stereocenters. The Morgan fingerprint density at radius 2 is 0.821 bits per heavy atom. The fraction of sp³-hybridized carbons (Fsp3) is 0.720. The van der Waals surface area contributed by atoms with E-state index in [2.05, 4.69) is 85.1 Å². The van der Waals surface area contributed by atoms with Crippen LogP contribution in [0.5, 0.6) is 0 Å². The van der Waals surface area contributed by atoms with E-state index in [1.807, 2.05) is 0 Å². The maximum absolute atomic E-state index is 15.4. The van der Waals surface area contributed by atoms with Gasteiger partial charge in [-0.2, -0.15) is 0 Å². The first kappa shape index (κ1) is 108. The molecular weight excluding hydrogens is 1610 g/mol. The summed E-state index contributed by atoms with van der Waals surface area (Å²) in [6.07, 6.45) is -12.5. The molecule has 696 valence electrons. The van der Waals surface area contributed by atoms with Crippen LogP contribution in [0.25, 0.3) is 0 Å². The van der Waals surface area contributed by atoms with Crippen molar-refractivity contribution in [3.63, 3.8) is 0 Å². The van der Waals surface area contributed by atoms with E-state index in [0.717, 1.165) is 13.8 Å². The first-order valence-corrected chi connectivity index (χ1v) is 41.4. The highest BCUT2D eigenvalue weighted by molar-refractivity contribution is 6.00. The van der Waals surface area contributed by atoms with Crippen LogP contribution in [0.4, 0.5) is 24.0 Å². The molecule has 0 aliphatic carbocycles. The lowest BCUT2D eigenvalue weighted by Crippen LogP contribution is -2.62. The summed E-state index contributed by atoms with van der Waals surface area (Å²) >= 11 is 0. The van der Waals surface area contributed by atoms with Gasteiger partial charge in [0.2, 0.25) is 65.0 Å². The second-order valence-corrected chi connectivity index (χ2v) is 36.2. The van der Waals surface area contributed by atoms with Crippen LogP contribution >= 0.6 is 0 Å². The van der Waals surface area contributed by atoms with Gasteiger partial charge in [0.25, 0.3) is 0 Å². The van der Waals surface area contributed by atoms with Crippen molar-refractivity contribution >= 4 is 101 Å². The van der Waals surface area contributed by atoms with Crippen molar-refractivity contribution < 1.29 is 120 Å². The Morgan fingerprint density at radius 1 is 0.447 bits per heavy atom. The molecule has 41 heteroatoms. The molecule has 41 nitrogen and oxygen atoms in total. The molecule has 1 fully saturated rings. The minimum absolute atomic E-state index is 0.136. The fourth-order valence-electron chi connectivity index (χ4n) is 11.3. The quantitative estimate of drug-likeness (QED) is 0.0352. The van der Waals surface area contributed by atoms with E-state index >= 15 is 19.2 Å². The number of nitrogens with one attached hydrogen (secondary N) is 16. The normalized spacial score (nSPS) is 19.9. The van der Waals surface area contributed by atoms with E-state index in [1.54, 1.807) is 162 Å². The van der Waals surface area contributed by atoms with Gasteiger partial charge in [-0.3, -0.25) is 57.5 Å². The largest absolute Gasteiger partial charge is 0.462 e. The molecule has 2 rings (SSSR count). The van der Waals surface area contributed by atoms with Gasteiger partial charge in [-0.25, -0.2) is 24.0 Å². The highest BCUT2D eigenvalue weighted by Gasteiger charge is 2.41. The van der Waals surface area contributed by atoms with E-state index in [9.17, 15) is 72.5 Å². The Morgan fingerprint density at radius 3 is 1.22 bits per heavy atom. The number of benzene rings is 1. The lowest BCUT2D eigenvalue weighted by Gasteiger charge is -2.29. The number of hydrogen-bond acceptors (Lipinski definition) is 25. The van der Waals surface area contributed by atoms with Crippen molar-refractivity contribution in [2.45, 2.75) is 330 Å². The van der Waals surface area contributed by atoms with Gasteiger partial charge in [-0.05, 0) is 201 Å². The number of carbonyl (C=O) groups is 17. The number of ether oxygens (including phenoxy) is 6. The number of carbonyl (C=O) groups excluding carboxylic acids is 17. The standard InChI is InChI=1S/C82H138N16O25/c1-24-46(4)118-71(112)82(22,23)44-58(101)89-50(31-37-84-72(113)119-77(7,8)9)65(106)98-60(48(6)100)70(111)94-54(34-40-87-75(116)122-80(16,17)18)63(104)90-51-30-36-83-69(110)59(47(5)99)97-66(107)55(35-41-88-76(117)123-81(19,20)21)92-62(103)52(32-38-85-73(114)120-78(10,11)12)93-67(108)56(42-45(2)3)95-68(109)57(43-49-28-26-25-27-29-49)96-64(105)53(91-61(51)102)33-39-86-74(115)121-79(13,14)15/h25-29,45-48,50-57,59-60,99-100H,24,30-44H2,1-23H3,(H,83,110)(H,84,113)(H,85,114)(H,86,115)(H,87,116)(H,88,117)(H,89,101)(H,90,104)(H,91,102)(H,92,103)(H,93,108)(H,94,111)(H,95,109)(H,96,105)(H,97,107)(H,98,106)/t46?,47?,48?,50-,51-,52-,53-,54-,55-,56-,57+,59-,60-/m0/s1. The number of amides is 16. The molecule has 123 heavy (non-hydrogen) atoms. The van der Waals surface area contributed by atoms with E-state index in [0.29, 0.717) is 12.0 Å². The van der Waals surface area contributed by atoms with Gasteiger partial charge in [0.05, 0.1) is 23.7 Å². The molecule has 0 spiro atoms. The molecule has 18 N–H and O–H groups in total. The summed E-state index contributed by atoms with van der Waals surface area (Å²) in [6, 6.07) is -9.81. The predicted octanol–water partition coefficient (Wildman–Crippen LogP) is 1.74. The third kappa shape index (κ3) is 45.2. The Kier molecular flexibility index (Phi) is 44.0. The van der Waals surface area contributed by atoms with Crippen molar-refractivity contribution in [2.75, 3.05) is 39.3 Å². The Bertz CT molecular complexity index is 3730. The molecule has 0 radical (unpaired) electrons. The average Bonchev–Trinajstić information content (AvgIpc) is 1.81. The van der Waals surface area contributed by atoms with E-state index < -0.39 is 291 Å². The zero-order valence-electron chi connectivity index (χ0n) is 75.6. The number of aliphatic hydroxyl groups excluding tert-OH is 2. The maximum Gasteiger partial charge on any atom is 0.407 e. The molecule has 0 saturated carbocycles. The molecular formula is C82H138N16O25. The van der Waals surface area contributed by atoms with Crippen LogP contribution in [0, 0.1) is 11.3 Å². The van der Waals surface area contributed by atoms with Crippen LogP contribution in [-0.4, -0.2) is 258 Å². The van der Waals surface area contributed by atoms with Crippen LogP contribution in [0.2, 0.25) is 0 Å². The summed E-state index contributed by atoms with van der Waals surface area (Å²) in [6.45, 7) is 32.9. The van der Waals surface area contributed by atoms with Gasteiger partial charge in [-0.1, -0.05) is 51.1 Å². The molecule has 1 heterocycles. The zero-order chi connectivity index (χ0) is 93.9. The topological polar surface area (TPSA) is 579 Å². The molecule has 1 saturated heterocycles. The lowest BCUT2D eigenvalue weighted by molar-refractivity contribution is -0.160. The molecule has 0 bridgehead atoms. The summed E-state index contributed by atoms with van der Waals surface area (Å²) < 4.78 is 32.4. The molecule has 0 aromatic heterocycles. The summed E-state index contributed by atoms with van der Waals surface area (Å²) in [7, 11) is 0.